The molecular weight excluding hydrogens is 260 g/mol. The number of carbonyl (C=O) groups excluding carboxylic acids is 1. The molecule has 0 spiro atoms. The first-order valence-corrected chi connectivity index (χ1v) is 6.54. The van der Waals surface area contributed by atoms with Crippen molar-refractivity contribution in [2.24, 2.45) is 0 Å². The van der Waals surface area contributed by atoms with Crippen molar-refractivity contribution in [2.75, 3.05) is 6.26 Å². The van der Waals surface area contributed by atoms with Gasteiger partial charge in [-0.3, -0.25) is 0 Å². The number of hydrogen-bond donors (Lipinski definition) is 0. The lowest BCUT2D eigenvalue weighted by molar-refractivity contribution is -0.109. The van der Waals surface area contributed by atoms with E-state index in [4.69, 9.17) is 0 Å². The van der Waals surface area contributed by atoms with Gasteiger partial charge in [0.15, 0.2) is 0 Å². The van der Waals surface area contributed by atoms with Crippen LogP contribution in [0.3, 0.4) is 0 Å². The van der Waals surface area contributed by atoms with Gasteiger partial charge >= 0.3 is 0 Å². The van der Waals surface area contributed by atoms with Crippen LogP contribution in [0.2, 0.25) is 0 Å². The highest BCUT2D eigenvalue weighted by atomic mass is 79.9. The average Bonchev–Trinajstić information content (AvgIpc) is 2.98. The molecule has 14 heavy (non-hydrogen) atoms. The van der Waals surface area contributed by atoms with E-state index in [2.05, 4.69) is 34.1 Å². The molecule has 0 radical (unpaired) electrons. The zero-order valence-electron chi connectivity index (χ0n) is 7.92. The molecule has 0 saturated heterocycles. The molecule has 1 aliphatic rings. The Morgan fingerprint density at radius 3 is 2.64 bits per heavy atom. The van der Waals surface area contributed by atoms with Gasteiger partial charge in [-0.1, -0.05) is 6.07 Å². The van der Waals surface area contributed by atoms with Gasteiger partial charge in [0.2, 0.25) is 0 Å². The summed E-state index contributed by atoms with van der Waals surface area (Å²) in [5.41, 5.74) is 0.997. The topological polar surface area (TPSA) is 17.1 Å². The van der Waals surface area contributed by atoms with Crippen LogP contribution in [-0.2, 0) is 10.2 Å². The van der Waals surface area contributed by atoms with Crippen molar-refractivity contribution in [3.05, 3.63) is 28.2 Å². The molecule has 0 unspecified atom stereocenters. The van der Waals surface area contributed by atoms with Gasteiger partial charge < -0.3 is 4.79 Å². The third kappa shape index (κ3) is 1.63. The van der Waals surface area contributed by atoms with E-state index in [9.17, 15) is 4.79 Å². The molecule has 1 fully saturated rings. The molecule has 1 aromatic carbocycles. The SMILES string of the molecule is CSc1ccc(C2(C=O)CC2)cc1Br. The molecule has 1 nitrogen and oxygen atoms in total. The molecule has 3 heteroatoms. The molecule has 1 aliphatic carbocycles. The molecule has 0 amide bonds. The molecule has 0 atom stereocenters. The maximum Gasteiger partial charge on any atom is 0.130 e. The van der Waals surface area contributed by atoms with Crippen LogP contribution in [0, 0.1) is 0 Å². The fraction of sp³-hybridized carbons (Fsp3) is 0.364. The van der Waals surface area contributed by atoms with Crippen molar-refractivity contribution in [3.63, 3.8) is 0 Å². The number of aldehydes is 1. The van der Waals surface area contributed by atoms with Crippen LogP contribution in [0.25, 0.3) is 0 Å². The Morgan fingerprint density at radius 2 is 2.21 bits per heavy atom. The van der Waals surface area contributed by atoms with Gasteiger partial charge in [0, 0.05) is 9.37 Å². The van der Waals surface area contributed by atoms with Crippen LogP contribution in [0.5, 0.6) is 0 Å². The van der Waals surface area contributed by atoms with Crippen molar-refractivity contribution in [3.8, 4) is 0 Å². The van der Waals surface area contributed by atoms with Crippen LogP contribution in [0.4, 0.5) is 0 Å². The Morgan fingerprint density at radius 1 is 1.50 bits per heavy atom. The smallest absolute Gasteiger partial charge is 0.130 e. The molecule has 0 aliphatic heterocycles. The van der Waals surface area contributed by atoms with Gasteiger partial charge in [-0.2, -0.15) is 0 Å². The first-order chi connectivity index (χ1) is 6.72. The third-order valence-corrected chi connectivity index (χ3v) is 4.46. The minimum absolute atomic E-state index is 0.153. The number of carbonyl (C=O) groups is 1. The van der Waals surface area contributed by atoms with Crippen LogP contribution in [0.15, 0.2) is 27.6 Å². The van der Waals surface area contributed by atoms with Crippen molar-refractivity contribution in [2.45, 2.75) is 23.2 Å². The Bertz CT molecular complexity index is 372. The number of hydrogen-bond acceptors (Lipinski definition) is 2. The number of thioether (sulfide) groups is 1. The van der Waals surface area contributed by atoms with E-state index < -0.39 is 0 Å². The van der Waals surface area contributed by atoms with Gasteiger partial charge in [0.05, 0.1) is 5.41 Å². The highest BCUT2D eigenvalue weighted by Gasteiger charge is 2.44. The lowest BCUT2D eigenvalue weighted by Crippen LogP contribution is -2.07. The van der Waals surface area contributed by atoms with Crippen molar-refractivity contribution in [1.82, 2.24) is 0 Å². The predicted molar refractivity (Wildman–Crippen MR) is 62.9 cm³/mol. The largest absolute Gasteiger partial charge is 0.302 e. The number of rotatable bonds is 3. The monoisotopic (exact) mass is 270 g/mol. The summed E-state index contributed by atoms with van der Waals surface area (Å²) >= 11 is 5.23. The van der Waals surface area contributed by atoms with Gasteiger partial charge in [-0.15, -0.1) is 11.8 Å². The summed E-state index contributed by atoms with van der Waals surface area (Å²) in [6.45, 7) is 0. The molecule has 0 bridgehead atoms. The minimum atomic E-state index is -0.153. The highest BCUT2D eigenvalue weighted by Crippen LogP contribution is 2.47. The molecule has 0 N–H and O–H groups in total. The first kappa shape index (κ1) is 10.2. The first-order valence-electron chi connectivity index (χ1n) is 4.52. The van der Waals surface area contributed by atoms with E-state index in [0.717, 1.165) is 29.2 Å². The summed E-state index contributed by atoms with van der Waals surface area (Å²) in [7, 11) is 0. The number of halogens is 1. The Balaban J connectivity index is 2.38. The Hall–Kier alpha value is -0.280. The van der Waals surface area contributed by atoms with Crippen LogP contribution >= 0.6 is 27.7 Å². The normalized spacial score (nSPS) is 17.9. The van der Waals surface area contributed by atoms with Crippen LogP contribution in [0.1, 0.15) is 18.4 Å². The lowest BCUT2D eigenvalue weighted by atomic mass is 9.98. The van der Waals surface area contributed by atoms with E-state index in [1.165, 1.54) is 4.90 Å². The molecule has 1 aromatic rings. The quantitative estimate of drug-likeness (QED) is 0.619. The van der Waals surface area contributed by atoms with Gasteiger partial charge in [0.1, 0.15) is 6.29 Å². The molecule has 0 heterocycles. The summed E-state index contributed by atoms with van der Waals surface area (Å²) in [4.78, 5) is 12.2. The fourth-order valence-electron chi connectivity index (χ4n) is 1.59. The maximum absolute atomic E-state index is 10.9. The summed E-state index contributed by atoms with van der Waals surface area (Å²) in [6.07, 6.45) is 5.14. The summed E-state index contributed by atoms with van der Waals surface area (Å²) < 4.78 is 1.09. The molecule has 0 aromatic heterocycles. The van der Waals surface area contributed by atoms with E-state index in [0.29, 0.717) is 0 Å². The average molecular weight is 271 g/mol. The molecule has 2 rings (SSSR count). The van der Waals surface area contributed by atoms with E-state index >= 15 is 0 Å². The van der Waals surface area contributed by atoms with Gasteiger partial charge in [-0.25, -0.2) is 0 Å². The van der Waals surface area contributed by atoms with Gasteiger partial charge in [0.25, 0.3) is 0 Å². The Labute approximate surface area is 96.4 Å². The van der Waals surface area contributed by atoms with Gasteiger partial charge in [-0.05, 0) is 52.7 Å². The fourth-order valence-corrected chi connectivity index (χ4v) is 2.91. The second kappa shape index (κ2) is 3.70. The Kier molecular flexibility index (Phi) is 2.71. The van der Waals surface area contributed by atoms with E-state index in [1.807, 2.05) is 6.26 Å². The second-order valence-electron chi connectivity index (χ2n) is 3.62. The number of benzene rings is 1. The highest BCUT2D eigenvalue weighted by molar-refractivity contribution is 9.10. The second-order valence-corrected chi connectivity index (χ2v) is 5.33. The molecule has 1 saturated carbocycles. The molecule has 74 valence electrons. The van der Waals surface area contributed by atoms with Crippen molar-refractivity contribution >= 4 is 34.0 Å². The summed E-state index contributed by atoms with van der Waals surface area (Å²) in [5.74, 6) is 0. The third-order valence-electron chi connectivity index (χ3n) is 2.74. The zero-order valence-corrected chi connectivity index (χ0v) is 10.3. The predicted octanol–water partition coefficient (Wildman–Crippen LogP) is 3.40. The summed E-state index contributed by atoms with van der Waals surface area (Å²) in [5, 5.41) is 0. The maximum atomic E-state index is 10.9. The molecular formula is C11H11BrOS. The zero-order chi connectivity index (χ0) is 10.2. The lowest BCUT2D eigenvalue weighted by Gasteiger charge is -2.09. The van der Waals surface area contributed by atoms with Crippen LogP contribution in [-0.4, -0.2) is 12.5 Å². The minimum Gasteiger partial charge on any atom is -0.302 e. The van der Waals surface area contributed by atoms with Crippen molar-refractivity contribution in [1.29, 1.82) is 0 Å². The van der Waals surface area contributed by atoms with Crippen LogP contribution < -0.4 is 0 Å². The summed E-state index contributed by atoms with van der Waals surface area (Å²) in [6, 6.07) is 6.22. The standard InChI is InChI=1S/C11H11BrOS/c1-14-10-3-2-8(6-9(10)12)11(7-13)4-5-11/h2-3,6-7H,4-5H2,1H3. The van der Waals surface area contributed by atoms with E-state index in [1.54, 1.807) is 11.8 Å². The van der Waals surface area contributed by atoms with Crippen molar-refractivity contribution < 1.29 is 4.79 Å². The van der Waals surface area contributed by atoms with E-state index in [-0.39, 0.29) is 5.41 Å².